The van der Waals surface area contributed by atoms with E-state index in [1.807, 2.05) is 0 Å². The Morgan fingerprint density at radius 3 is 1.67 bits per heavy atom. The molecule has 0 heterocycles. The summed E-state index contributed by atoms with van der Waals surface area (Å²) in [6.07, 6.45) is -1.76. The van der Waals surface area contributed by atoms with Gasteiger partial charge in [-0.2, -0.15) is 0 Å². The van der Waals surface area contributed by atoms with E-state index in [1.54, 1.807) is 0 Å². The summed E-state index contributed by atoms with van der Waals surface area (Å²) in [4.78, 5) is 26.7. The molecule has 15 heavy (non-hydrogen) atoms. The van der Waals surface area contributed by atoms with Gasteiger partial charge in [0, 0.05) is 6.61 Å². The monoisotopic (exact) mass is 223 g/mol. The molecule has 0 aromatic carbocycles. The molecular formula is C5H9N3O7. The van der Waals surface area contributed by atoms with Gasteiger partial charge in [0.1, 0.15) is 0 Å². The van der Waals surface area contributed by atoms with Crippen molar-refractivity contribution in [3.8, 4) is 0 Å². The van der Waals surface area contributed by atoms with Gasteiger partial charge in [-0.3, -0.25) is 30.3 Å². The standard InChI is InChI=1S/C5H9N3O7/c1-3-15-4(2)5(6(9)10,7(11)12)8(13)14/h4H,3H2,1-2H3. The summed E-state index contributed by atoms with van der Waals surface area (Å²) < 4.78 is 4.57. The fourth-order valence-electron chi connectivity index (χ4n) is 1.01. The molecule has 86 valence electrons. The highest BCUT2D eigenvalue weighted by atomic mass is 16.7. The van der Waals surface area contributed by atoms with Crippen LogP contribution in [0.4, 0.5) is 0 Å². The van der Waals surface area contributed by atoms with Gasteiger partial charge in [-0.1, -0.05) is 0 Å². The third-order valence-corrected chi connectivity index (χ3v) is 1.77. The Bertz CT molecular complexity index is 254. The van der Waals surface area contributed by atoms with Gasteiger partial charge in [0.2, 0.25) is 0 Å². The van der Waals surface area contributed by atoms with Crippen molar-refractivity contribution >= 4 is 0 Å². The highest BCUT2D eigenvalue weighted by Gasteiger charge is 2.75. The molecule has 0 aliphatic carbocycles. The summed E-state index contributed by atoms with van der Waals surface area (Å²) >= 11 is 0. The second-order valence-electron chi connectivity index (χ2n) is 2.56. The number of rotatable bonds is 6. The van der Waals surface area contributed by atoms with Crippen LogP contribution in [0.2, 0.25) is 0 Å². The first-order valence-corrected chi connectivity index (χ1v) is 3.86. The largest absolute Gasteiger partial charge is 0.725 e. The fraction of sp³-hybridized carbons (Fsp3) is 1.00. The maximum absolute atomic E-state index is 10.5. The Morgan fingerprint density at radius 2 is 1.47 bits per heavy atom. The number of nitrogens with zero attached hydrogens (tertiary/aromatic N) is 3. The van der Waals surface area contributed by atoms with Gasteiger partial charge in [-0.25, -0.2) is 0 Å². The first kappa shape index (κ1) is 13.2. The Morgan fingerprint density at radius 1 is 1.13 bits per heavy atom. The van der Waals surface area contributed by atoms with Crippen LogP contribution >= 0.6 is 0 Å². The predicted molar refractivity (Wildman–Crippen MR) is 44.8 cm³/mol. The van der Waals surface area contributed by atoms with Gasteiger partial charge in [-0.05, 0) is 13.8 Å². The maximum atomic E-state index is 10.5. The minimum Gasteiger partial charge on any atom is -0.357 e. The van der Waals surface area contributed by atoms with Gasteiger partial charge >= 0.3 is 5.79 Å². The van der Waals surface area contributed by atoms with Crippen molar-refractivity contribution in [2.24, 2.45) is 0 Å². The first-order chi connectivity index (χ1) is 6.81. The molecular weight excluding hydrogens is 214 g/mol. The maximum Gasteiger partial charge on any atom is 0.725 e. The lowest BCUT2D eigenvalue weighted by Crippen LogP contribution is -2.61. The van der Waals surface area contributed by atoms with Crippen LogP contribution in [-0.4, -0.2) is 33.3 Å². The molecule has 0 saturated heterocycles. The van der Waals surface area contributed by atoms with Crippen molar-refractivity contribution in [2.45, 2.75) is 25.7 Å². The molecule has 0 N–H and O–H groups in total. The molecule has 1 atom stereocenters. The molecule has 0 fully saturated rings. The van der Waals surface area contributed by atoms with Crippen LogP contribution in [0.15, 0.2) is 0 Å². The Kier molecular flexibility index (Phi) is 4.03. The zero-order valence-electron chi connectivity index (χ0n) is 7.98. The van der Waals surface area contributed by atoms with Gasteiger partial charge in [-0.15, -0.1) is 0 Å². The van der Waals surface area contributed by atoms with Crippen LogP contribution in [0.3, 0.4) is 0 Å². The lowest BCUT2D eigenvalue weighted by molar-refractivity contribution is -0.977. The Hall–Kier alpha value is -1.84. The average molecular weight is 223 g/mol. The van der Waals surface area contributed by atoms with Gasteiger partial charge in [0.05, 0.1) is 0 Å². The summed E-state index contributed by atoms with van der Waals surface area (Å²) in [5.41, 5.74) is 0. The fourth-order valence-corrected chi connectivity index (χ4v) is 1.01. The molecule has 10 heteroatoms. The lowest BCUT2D eigenvalue weighted by atomic mass is 10.2. The summed E-state index contributed by atoms with van der Waals surface area (Å²) in [5.74, 6) is -3.55. The smallest absolute Gasteiger partial charge is 0.357 e. The lowest BCUT2D eigenvalue weighted by Gasteiger charge is -2.14. The number of hydrogen-bond acceptors (Lipinski definition) is 7. The average Bonchev–Trinajstić information content (AvgIpc) is 2.02. The second-order valence-corrected chi connectivity index (χ2v) is 2.56. The minimum absolute atomic E-state index is 0.0988. The molecule has 0 aliphatic heterocycles. The van der Waals surface area contributed by atoms with Gasteiger partial charge in [0.25, 0.3) is 6.10 Å². The highest BCUT2D eigenvalue weighted by Crippen LogP contribution is 2.20. The van der Waals surface area contributed by atoms with E-state index in [2.05, 4.69) is 4.74 Å². The number of nitro groups is 3. The molecule has 0 saturated carbocycles. The summed E-state index contributed by atoms with van der Waals surface area (Å²) in [5, 5.41) is 31.4. The first-order valence-electron chi connectivity index (χ1n) is 3.86. The summed E-state index contributed by atoms with van der Waals surface area (Å²) in [6, 6.07) is 0. The normalized spacial score (nSPS) is 13.2. The zero-order chi connectivity index (χ0) is 12.2. The van der Waals surface area contributed by atoms with Crippen molar-refractivity contribution in [3.05, 3.63) is 30.3 Å². The van der Waals surface area contributed by atoms with E-state index >= 15 is 0 Å². The minimum atomic E-state index is -3.55. The molecule has 0 aliphatic rings. The molecule has 0 aromatic rings. The molecule has 0 aromatic heterocycles. The van der Waals surface area contributed by atoms with Gasteiger partial charge in [0.15, 0.2) is 14.8 Å². The van der Waals surface area contributed by atoms with Crippen molar-refractivity contribution in [3.63, 3.8) is 0 Å². The second kappa shape index (κ2) is 4.59. The Balaban J connectivity index is 5.42. The van der Waals surface area contributed by atoms with Crippen molar-refractivity contribution < 1.29 is 19.5 Å². The molecule has 0 radical (unpaired) electrons. The van der Waals surface area contributed by atoms with E-state index in [-0.39, 0.29) is 6.61 Å². The molecule has 0 bridgehead atoms. The molecule has 1 unspecified atom stereocenters. The topological polar surface area (TPSA) is 139 Å². The van der Waals surface area contributed by atoms with Crippen LogP contribution in [0.5, 0.6) is 0 Å². The van der Waals surface area contributed by atoms with E-state index < -0.39 is 26.7 Å². The van der Waals surface area contributed by atoms with E-state index in [4.69, 9.17) is 0 Å². The third kappa shape index (κ3) is 1.98. The van der Waals surface area contributed by atoms with Crippen molar-refractivity contribution in [2.75, 3.05) is 6.61 Å². The third-order valence-electron chi connectivity index (χ3n) is 1.77. The van der Waals surface area contributed by atoms with E-state index in [0.717, 1.165) is 6.92 Å². The SMILES string of the molecule is CCOC(C)C([N+](=O)[O-])([N+](=O)[O-])[N+](=O)[O-]. The highest BCUT2D eigenvalue weighted by molar-refractivity contribution is 4.63. The molecule has 0 spiro atoms. The van der Waals surface area contributed by atoms with Crippen LogP contribution < -0.4 is 0 Å². The van der Waals surface area contributed by atoms with E-state index in [0.29, 0.717) is 0 Å². The van der Waals surface area contributed by atoms with Gasteiger partial charge < -0.3 is 4.74 Å². The number of ether oxygens (including phenoxy) is 1. The predicted octanol–water partition coefficient (Wildman–Crippen LogP) is -0.105. The van der Waals surface area contributed by atoms with E-state index in [1.165, 1.54) is 6.92 Å². The van der Waals surface area contributed by atoms with Crippen LogP contribution in [0.1, 0.15) is 13.8 Å². The summed E-state index contributed by atoms with van der Waals surface area (Å²) in [6.45, 7) is 2.23. The quantitative estimate of drug-likeness (QED) is 0.347. The Labute approximate surface area is 83.3 Å². The number of hydrogen-bond donors (Lipinski definition) is 0. The van der Waals surface area contributed by atoms with Crippen molar-refractivity contribution in [1.82, 2.24) is 0 Å². The van der Waals surface area contributed by atoms with Crippen LogP contribution in [0, 0.1) is 30.3 Å². The molecule has 10 nitrogen and oxygen atoms in total. The molecule has 0 rings (SSSR count). The summed E-state index contributed by atoms with van der Waals surface area (Å²) in [7, 11) is 0. The zero-order valence-corrected chi connectivity index (χ0v) is 7.98. The van der Waals surface area contributed by atoms with E-state index in [9.17, 15) is 30.3 Å². The van der Waals surface area contributed by atoms with Crippen LogP contribution in [0.25, 0.3) is 0 Å². The van der Waals surface area contributed by atoms with Crippen molar-refractivity contribution in [1.29, 1.82) is 0 Å². The molecule has 0 amide bonds. The van der Waals surface area contributed by atoms with Crippen LogP contribution in [-0.2, 0) is 4.74 Å².